The molecule has 5 nitrogen and oxygen atoms in total. The van der Waals surface area contributed by atoms with Crippen LogP contribution in [-0.4, -0.2) is 51.6 Å². The Morgan fingerprint density at radius 2 is 1.96 bits per heavy atom. The molecule has 0 atom stereocenters. The van der Waals surface area contributed by atoms with E-state index in [1.165, 1.54) is 24.3 Å². The number of likely N-dealkylation sites (tertiary alicyclic amines) is 1. The minimum absolute atomic E-state index is 0.125. The maximum atomic E-state index is 12.7. The smallest absolute Gasteiger partial charge is 0.227 e. The van der Waals surface area contributed by atoms with Gasteiger partial charge in [-0.3, -0.25) is 9.89 Å². The topological polar surface area (TPSA) is 61.0 Å². The van der Waals surface area contributed by atoms with Gasteiger partial charge in [-0.25, -0.2) is 0 Å². The summed E-state index contributed by atoms with van der Waals surface area (Å²) in [6.45, 7) is 2.11. The minimum atomic E-state index is 0.125. The number of carbonyl (C=O) groups excluding carboxylic acids is 1. The van der Waals surface area contributed by atoms with Gasteiger partial charge in [0, 0.05) is 29.4 Å². The van der Waals surface area contributed by atoms with Gasteiger partial charge in [-0.1, -0.05) is 12.1 Å². The van der Waals surface area contributed by atoms with Gasteiger partial charge >= 0.3 is 0 Å². The predicted octanol–water partition coefficient (Wildman–Crippen LogP) is 3.62. The Morgan fingerprint density at radius 1 is 1.15 bits per heavy atom. The molecular formula is C20H26N4OS. The Morgan fingerprint density at radius 3 is 2.69 bits per heavy atom. The van der Waals surface area contributed by atoms with Gasteiger partial charge in [-0.2, -0.15) is 16.9 Å². The van der Waals surface area contributed by atoms with Crippen LogP contribution in [0.25, 0.3) is 11.3 Å². The van der Waals surface area contributed by atoms with Gasteiger partial charge in [-0.15, -0.1) is 0 Å². The van der Waals surface area contributed by atoms with Gasteiger partial charge in [0.2, 0.25) is 5.91 Å². The molecule has 1 aromatic heterocycles. The second-order valence-electron chi connectivity index (χ2n) is 7.19. The highest BCUT2D eigenvalue weighted by molar-refractivity contribution is 7.99. The van der Waals surface area contributed by atoms with Crippen molar-refractivity contribution in [3.05, 3.63) is 36.5 Å². The molecule has 1 amide bonds. The number of H-pyrrole nitrogens is 1. The SMILES string of the molecule is O=C(Nc1cccc(-c2ccn[nH]2)c1)C1CCN(C2CCSCC2)CC1. The first-order valence-electron chi connectivity index (χ1n) is 9.52. The molecule has 0 saturated carbocycles. The van der Waals surface area contributed by atoms with Crippen LogP contribution < -0.4 is 5.32 Å². The number of hydrogen-bond acceptors (Lipinski definition) is 4. The summed E-state index contributed by atoms with van der Waals surface area (Å²) in [6.07, 6.45) is 6.29. The van der Waals surface area contributed by atoms with Crippen molar-refractivity contribution in [3.63, 3.8) is 0 Å². The van der Waals surface area contributed by atoms with Gasteiger partial charge in [0.05, 0.1) is 5.69 Å². The van der Waals surface area contributed by atoms with E-state index in [0.717, 1.165) is 48.9 Å². The Bertz CT molecular complexity index is 719. The molecule has 0 unspecified atom stereocenters. The second-order valence-corrected chi connectivity index (χ2v) is 8.42. The number of rotatable bonds is 4. The van der Waals surface area contributed by atoms with E-state index < -0.39 is 0 Å². The number of anilines is 1. The molecule has 4 rings (SSSR count). The maximum absolute atomic E-state index is 12.7. The van der Waals surface area contributed by atoms with E-state index in [1.54, 1.807) is 6.20 Å². The number of aromatic nitrogens is 2. The van der Waals surface area contributed by atoms with Gasteiger partial charge in [0.1, 0.15) is 0 Å². The zero-order valence-electron chi connectivity index (χ0n) is 15.0. The number of benzene rings is 1. The van der Waals surface area contributed by atoms with Gasteiger partial charge in [0.25, 0.3) is 0 Å². The van der Waals surface area contributed by atoms with E-state index >= 15 is 0 Å². The van der Waals surface area contributed by atoms with Crippen LogP contribution in [0.5, 0.6) is 0 Å². The summed E-state index contributed by atoms with van der Waals surface area (Å²) < 4.78 is 0. The quantitative estimate of drug-likeness (QED) is 0.863. The zero-order valence-corrected chi connectivity index (χ0v) is 15.8. The van der Waals surface area contributed by atoms with Gasteiger partial charge < -0.3 is 10.2 Å². The lowest BCUT2D eigenvalue weighted by Gasteiger charge is -2.38. The van der Waals surface area contributed by atoms with Crippen molar-refractivity contribution in [2.24, 2.45) is 5.92 Å². The summed E-state index contributed by atoms with van der Waals surface area (Å²) >= 11 is 2.07. The molecule has 2 aliphatic heterocycles. The molecule has 6 heteroatoms. The normalized spacial score (nSPS) is 20.2. The molecule has 0 radical (unpaired) electrons. The van der Waals surface area contributed by atoms with Crippen LogP contribution in [0, 0.1) is 5.92 Å². The number of piperidine rings is 1. The van der Waals surface area contributed by atoms with Crippen molar-refractivity contribution in [2.45, 2.75) is 31.7 Å². The molecule has 2 saturated heterocycles. The summed E-state index contributed by atoms with van der Waals surface area (Å²) in [5.41, 5.74) is 2.85. The van der Waals surface area contributed by atoms with Gasteiger partial charge in [0.15, 0.2) is 0 Å². The fourth-order valence-electron chi connectivity index (χ4n) is 4.00. The molecule has 26 heavy (non-hydrogen) atoms. The highest BCUT2D eigenvalue weighted by Gasteiger charge is 2.29. The molecule has 2 aromatic rings. The number of amides is 1. The zero-order chi connectivity index (χ0) is 17.8. The Kier molecular flexibility index (Phi) is 5.60. The van der Waals surface area contributed by atoms with Crippen molar-refractivity contribution < 1.29 is 4.79 Å². The van der Waals surface area contributed by atoms with Crippen LogP contribution in [0.1, 0.15) is 25.7 Å². The standard InChI is InChI=1S/C20H26N4OS/c25-20(15-5-10-24(11-6-15)18-7-12-26-13-8-18)22-17-3-1-2-16(14-17)19-4-9-21-23-19/h1-4,9,14-15,18H,5-8,10-13H2,(H,21,23)(H,22,25). The first-order chi connectivity index (χ1) is 12.8. The largest absolute Gasteiger partial charge is 0.326 e. The minimum Gasteiger partial charge on any atom is -0.326 e. The van der Waals surface area contributed by atoms with E-state index in [1.807, 2.05) is 30.3 Å². The maximum Gasteiger partial charge on any atom is 0.227 e. The van der Waals surface area contributed by atoms with E-state index in [9.17, 15) is 4.79 Å². The summed E-state index contributed by atoms with van der Waals surface area (Å²) in [5, 5.41) is 10.1. The lowest BCUT2D eigenvalue weighted by molar-refractivity contribution is -0.121. The third kappa shape index (κ3) is 4.13. The molecule has 0 bridgehead atoms. The second kappa shape index (κ2) is 8.27. The number of nitrogens with one attached hydrogen (secondary N) is 2. The predicted molar refractivity (Wildman–Crippen MR) is 107 cm³/mol. The molecular weight excluding hydrogens is 344 g/mol. The van der Waals surface area contributed by atoms with Crippen LogP contribution in [0.4, 0.5) is 5.69 Å². The molecule has 1 aromatic carbocycles. The van der Waals surface area contributed by atoms with Crippen molar-refractivity contribution in [1.82, 2.24) is 15.1 Å². The number of aromatic amines is 1. The fourth-order valence-corrected chi connectivity index (χ4v) is 5.08. The van der Waals surface area contributed by atoms with Crippen LogP contribution in [0.15, 0.2) is 36.5 Å². The third-order valence-electron chi connectivity index (χ3n) is 5.55. The van der Waals surface area contributed by atoms with Crippen LogP contribution in [0.2, 0.25) is 0 Å². The molecule has 2 fully saturated rings. The van der Waals surface area contributed by atoms with Crippen molar-refractivity contribution in [3.8, 4) is 11.3 Å². The molecule has 2 aliphatic rings. The third-order valence-corrected chi connectivity index (χ3v) is 6.60. The van der Waals surface area contributed by atoms with E-state index in [2.05, 4.69) is 32.2 Å². The van der Waals surface area contributed by atoms with Crippen molar-refractivity contribution >= 4 is 23.4 Å². The van der Waals surface area contributed by atoms with Crippen molar-refractivity contribution in [1.29, 1.82) is 0 Å². The van der Waals surface area contributed by atoms with Crippen LogP contribution in [0.3, 0.4) is 0 Å². The number of hydrogen-bond donors (Lipinski definition) is 2. The van der Waals surface area contributed by atoms with E-state index in [0.29, 0.717) is 0 Å². The molecule has 0 spiro atoms. The van der Waals surface area contributed by atoms with E-state index in [4.69, 9.17) is 0 Å². The van der Waals surface area contributed by atoms with Crippen LogP contribution in [-0.2, 0) is 4.79 Å². The molecule has 2 N–H and O–H groups in total. The highest BCUT2D eigenvalue weighted by Crippen LogP contribution is 2.27. The summed E-state index contributed by atoms with van der Waals surface area (Å²) in [7, 11) is 0. The number of nitrogens with zero attached hydrogens (tertiary/aromatic N) is 2. The average molecular weight is 371 g/mol. The fraction of sp³-hybridized carbons (Fsp3) is 0.500. The summed E-state index contributed by atoms with van der Waals surface area (Å²) in [4.78, 5) is 15.3. The monoisotopic (exact) mass is 370 g/mol. The first kappa shape index (κ1) is 17.6. The van der Waals surface area contributed by atoms with E-state index in [-0.39, 0.29) is 11.8 Å². The molecule has 138 valence electrons. The molecule has 3 heterocycles. The Labute approximate surface area is 158 Å². The average Bonchev–Trinajstić information content (AvgIpc) is 3.24. The molecule has 0 aliphatic carbocycles. The number of carbonyl (C=O) groups is 1. The van der Waals surface area contributed by atoms with Crippen LogP contribution >= 0.6 is 11.8 Å². The van der Waals surface area contributed by atoms with Crippen molar-refractivity contribution in [2.75, 3.05) is 29.9 Å². The highest BCUT2D eigenvalue weighted by atomic mass is 32.2. The first-order valence-corrected chi connectivity index (χ1v) is 10.7. The lowest BCUT2D eigenvalue weighted by atomic mass is 9.93. The Balaban J connectivity index is 1.32. The summed E-state index contributed by atoms with van der Waals surface area (Å²) in [6, 6.07) is 10.6. The Hall–Kier alpha value is -1.79. The van der Waals surface area contributed by atoms with Gasteiger partial charge in [-0.05, 0) is 68.5 Å². The summed E-state index contributed by atoms with van der Waals surface area (Å²) in [5.74, 6) is 2.86. The lowest BCUT2D eigenvalue weighted by Crippen LogP contribution is -2.45. The number of thioether (sulfide) groups is 1.